The molecular weight excluding hydrogens is 435 g/mol. The van der Waals surface area contributed by atoms with Crippen LogP contribution in [-0.4, -0.2) is 36.2 Å². The van der Waals surface area contributed by atoms with Gasteiger partial charge in [-0.1, -0.05) is 6.07 Å². The van der Waals surface area contributed by atoms with Gasteiger partial charge >= 0.3 is 6.03 Å². The molecule has 7 nitrogen and oxygen atoms in total. The average molecular weight is 457 g/mol. The summed E-state index contributed by atoms with van der Waals surface area (Å²) in [7, 11) is -3.71. The number of sulfonamides is 1. The number of nitrogens with zero attached hydrogens (tertiary/aromatic N) is 1. The minimum Gasteiger partial charge on any atom is -0.334 e. The molecule has 0 saturated heterocycles. The van der Waals surface area contributed by atoms with E-state index in [9.17, 15) is 13.2 Å². The molecule has 1 aliphatic rings. The van der Waals surface area contributed by atoms with Gasteiger partial charge in [-0.25, -0.2) is 17.9 Å². The van der Waals surface area contributed by atoms with Crippen molar-refractivity contribution in [2.45, 2.75) is 47.5 Å². The predicted molar refractivity (Wildman–Crippen MR) is 114 cm³/mol. The normalized spacial score (nSPS) is 22.1. The molecule has 1 saturated carbocycles. The first-order chi connectivity index (χ1) is 13.8. The van der Waals surface area contributed by atoms with Crippen LogP contribution in [0.3, 0.4) is 0 Å². The number of urea groups is 1. The number of hydrogen-bond acceptors (Lipinski definition) is 4. The van der Waals surface area contributed by atoms with E-state index >= 15 is 0 Å². The topological polar surface area (TPSA) is 100 Å². The van der Waals surface area contributed by atoms with Crippen LogP contribution in [0.5, 0.6) is 0 Å². The second-order valence-electron chi connectivity index (χ2n) is 6.85. The molecule has 0 radical (unpaired) electrons. The largest absolute Gasteiger partial charge is 0.334 e. The van der Waals surface area contributed by atoms with Gasteiger partial charge < -0.3 is 10.6 Å². The van der Waals surface area contributed by atoms with Crippen LogP contribution in [0.25, 0.3) is 0 Å². The lowest BCUT2D eigenvalue weighted by atomic mass is 9.95. The van der Waals surface area contributed by atoms with Gasteiger partial charge in [-0.3, -0.25) is 4.98 Å². The van der Waals surface area contributed by atoms with Gasteiger partial charge in [-0.2, -0.15) is 0 Å². The maximum Gasteiger partial charge on any atom is 0.319 e. The summed E-state index contributed by atoms with van der Waals surface area (Å²) in [5.41, 5.74) is 1.35. The van der Waals surface area contributed by atoms with Gasteiger partial charge in [0.15, 0.2) is 0 Å². The van der Waals surface area contributed by atoms with Crippen molar-refractivity contribution in [3.8, 4) is 0 Å². The molecule has 0 spiro atoms. The average Bonchev–Trinajstić information content (AvgIpc) is 2.70. The van der Waals surface area contributed by atoms with Gasteiger partial charge in [0.25, 0.3) is 0 Å². The molecule has 1 aromatic carbocycles. The quantitative estimate of drug-likeness (QED) is 0.579. The van der Waals surface area contributed by atoms with E-state index in [0.29, 0.717) is 25.1 Å². The molecule has 3 unspecified atom stereocenters. The van der Waals surface area contributed by atoms with Gasteiger partial charge in [0.1, 0.15) is 0 Å². The number of rotatable bonds is 6. The van der Waals surface area contributed by atoms with E-state index in [1.165, 1.54) is 24.3 Å². The smallest absolute Gasteiger partial charge is 0.319 e. The summed E-state index contributed by atoms with van der Waals surface area (Å²) in [6.45, 7) is 0.334. The molecule has 1 aliphatic carbocycles. The maximum atomic E-state index is 12.6. The van der Waals surface area contributed by atoms with Crippen LogP contribution >= 0.6 is 23.2 Å². The highest BCUT2D eigenvalue weighted by molar-refractivity contribution is 7.89. The van der Waals surface area contributed by atoms with Crippen molar-refractivity contribution in [2.75, 3.05) is 5.32 Å². The van der Waals surface area contributed by atoms with Crippen LogP contribution < -0.4 is 15.4 Å². The molecule has 0 bridgehead atoms. The molecule has 1 aromatic heterocycles. The molecular formula is C19H22Cl2N4O3S. The number of carbonyl (C=O) groups is 1. The second kappa shape index (κ2) is 9.75. The monoisotopic (exact) mass is 456 g/mol. The van der Waals surface area contributed by atoms with Crippen molar-refractivity contribution < 1.29 is 13.2 Å². The number of benzene rings is 1. The van der Waals surface area contributed by atoms with Crippen LogP contribution in [0.2, 0.25) is 0 Å². The van der Waals surface area contributed by atoms with Gasteiger partial charge in [0.2, 0.25) is 10.0 Å². The third kappa shape index (κ3) is 6.30. The van der Waals surface area contributed by atoms with Crippen LogP contribution in [0, 0.1) is 0 Å². The summed E-state index contributed by atoms with van der Waals surface area (Å²) < 4.78 is 27.9. The van der Waals surface area contributed by atoms with E-state index in [1.54, 1.807) is 18.5 Å². The molecule has 1 heterocycles. The molecule has 1 fully saturated rings. The molecule has 156 valence electrons. The Balaban J connectivity index is 1.55. The Morgan fingerprint density at radius 2 is 1.90 bits per heavy atom. The number of halogens is 2. The fourth-order valence-electron chi connectivity index (χ4n) is 3.05. The van der Waals surface area contributed by atoms with Crippen molar-refractivity contribution in [3.05, 3.63) is 54.4 Å². The lowest BCUT2D eigenvalue weighted by Crippen LogP contribution is -2.44. The van der Waals surface area contributed by atoms with Gasteiger partial charge in [-0.15, -0.1) is 23.2 Å². The number of hydrogen-bond donors (Lipinski definition) is 3. The van der Waals surface area contributed by atoms with E-state index < -0.39 is 16.1 Å². The first-order valence-corrected chi connectivity index (χ1v) is 11.5. The first-order valence-electron chi connectivity index (χ1n) is 9.18. The zero-order valence-corrected chi connectivity index (χ0v) is 17.8. The highest BCUT2D eigenvalue weighted by Gasteiger charge is 2.31. The number of alkyl halides is 2. The third-order valence-corrected chi connectivity index (χ3v) is 7.00. The highest BCUT2D eigenvalue weighted by atomic mass is 35.5. The fourth-order valence-corrected chi connectivity index (χ4v) is 5.24. The molecule has 2 aromatic rings. The fraction of sp³-hybridized carbons (Fsp3) is 0.368. The Morgan fingerprint density at radius 1 is 1.14 bits per heavy atom. The van der Waals surface area contributed by atoms with Crippen LogP contribution in [-0.2, 0) is 16.6 Å². The molecule has 2 amide bonds. The molecule has 3 N–H and O–H groups in total. The Bertz CT molecular complexity index is 926. The zero-order chi connectivity index (χ0) is 20.9. The SMILES string of the molecule is O=C(NCc1cccnc1)Nc1ccc(S(=O)(=O)NC2CCC(Cl)CC2Cl)cc1. The summed E-state index contributed by atoms with van der Waals surface area (Å²) >= 11 is 12.3. The maximum absolute atomic E-state index is 12.6. The van der Waals surface area contributed by atoms with E-state index in [4.69, 9.17) is 23.2 Å². The van der Waals surface area contributed by atoms with Gasteiger partial charge in [0, 0.05) is 36.0 Å². The minimum absolute atomic E-state index is 0.0205. The molecule has 10 heteroatoms. The van der Waals surface area contributed by atoms with Crippen LogP contribution in [0.15, 0.2) is 53.7 Å². The number of anilines is 1. The molecule has 29 heavy (non-hydrogen) atoms. The lowest BCUT2D eigenvalue weighted by molar-refractivity contribution is 0.251. The zero-order valence-electron chi connectivity index (χ0n) is 15.5. The predicted octanol–water partition coefficient (Wildman–Crippen LogP) is 3.45. The van der Waals surface area contributed by atoms with E-state index in [-0.39, 0.29) is 21.7 Å². The van der Waals surface area contributed by atoms with Crippen LogP contribution in [0.4, 0.5) is 10.5 Å². The summed E-state index contributed by atoms with van der Waals surface area (Å²) in [5, 5.41) is 5.01. The van der Waals surface area contributed by atoms with Crippen molar-refractivity contribution in [1.82, 2.24) is 15.0 Å². The van der Waals surface area contributed by atoms with Crippen molar-refractivity contribution in [2.24, 2.45) is 0 Å². The molecule has 0 aliphatic heterocycles. The van der Waals surface area contributed by atoms with Crippen molar-refractivity contribution in [3.63, 3.8) is 0 Å². The number of nitrogens with one attached hydrogen (secondary N) is 3. The minimum atomic E-state index is -3.71. The Kier molecular flexibility index (Phi) is 7.34. The van der Waals surface area contributed by atoms with E-state index in [0.717, 1.165) is 12.0 Å². The summed E-state index contributed by atoms with van der Waals surface area (Å²) in [6.07, 6.45) is 5.20. The third-order valence-electron chi connectivity index (χ3n) is 4.61. The van der Waals surface area contributed by atoms with Gasteiger partial charge in [-0.05, 0) is 55.2 Å². The number of carbonyl (C=O) groups excluding carboxylic acids is 1. The standard InChI is InChI=1S/C19H22Cl2N4O3S/c20-14-3-8-18(17(21)10-14)25-29(27,28)16-6-4-15(5-7-16)24-19(26)23-12-13-2-1-9-22-11-13/h1-2,4-7,9,11,14,17-18,25H,3,8,10,12H2,(H2,23,24,26). The van der Waals surface area contributed by atoms with Crippen molar-refractivity contribution in [1.29, 1.82) is 0 Å². The lowest BCUT2D eigenvalue weighted by Gasteiger charge is -2.30. The Labute approximate surface area is 180 Å². The number of aromatic nitrogens is 1. The first kappa shape index (κ1) is 21.8. The molecule has 3 atom stereocenters. The molecule has 3 rings (SSSR count). The highest BCUT2D eigenvalue weighted by Crippen LogP contribution is 2.28. The number of pyridine rings is 1. The Morgan fingerprint density at radius 3 is 2.55 bits per heavy atom. The van der Waals surface area contributed by atoms with Gasteiger partial charge in [0.05, 0.1) is 10.3 Å². The number of amides is 2. The van der Waals surface area contributed by atoms with Crippen LogP contribution in [0.1, 0.15) is 24.8 Å². The van der Waals surface area contributed by atoms with Crippen molar-refractivity contribution >= 4 is 44.9 Å². The summed E-state index contributed by atoms with van der Waals surface area (Å²) in [6, 6.07) is 8.84. The Hall–Kier alpha value is -1.87. The summed E-state index contributed by atoms with van der Waals surface area (Å²) in [5.74, 6) is 0. The second-order valence-corrected chi connectivity index (χ2v) is 9.74. The summed E-state index contributed by atoms with van der Waals surface area (Å²) in [4.78, 5) is 16.1. The van der Waals surface area contributed by atoms with E-state index in [1.807, 2.05) is 6.07 Å². The van der Waals surface area contributed by atoms with E-state index in [2.05, 4.69) is 20.3 Å².